The van der Waals surface area contributed by atoms with Gasteiger partial charge in [0.15, 0.2) is 5.79 Å². The van der Waals surface area contributed by atoms with Crippen LogP contribution in [-0.2, 0) is 26.2 Å². The molecule has 7 heteroatoms. The van der Waals surface area contributed by atoms with Crippen molar-refractivity contribution in [3.05, 3.63) is 35.9 Å². The summed E-state index contributed by atoms with van der Waals surface area (Å²) in [5.74, 6) is -0.513. The van der Waals surface area contributed by atoms with Crippen LogP contribution in [0.25, 0.3) is 0 Å². The number of hydrogen-bond acceptors (Lipinski definition) is 4. The highest BCUT2D eigenvalue weighted by atomic mass is 32.2. The average Bonchev–Trinajstić information content (AvgIpc) is 2.85. The van der Waals surface area contributed by atoms with Crippen molar-refractivity contribution in [2.24, 2.45) is 0 Å². The third kappa shape index (κ3) is 4.77. The Morgan fingerprint density at radius 2 is 1.75 bits per heavy atom. The third-order valence-corrected chi connectivity index (χ3v) is 5.32. The second-order valence-electron chi connectivity index (χ2n) is 6.63. The van der Waals surface area contributed by atoms with Gasteiger partial charge in [0.05, 0.1) is 12.2 Å². The summed E-state index contributed by atoms with van der Waals surface area (Å²) in [7, 11) is -4.17. The predicted octanol–water partition coefficient (Wildman–Crippen LogP) is 2.46. The van der Waals surface area contributed by atoms with Gasteiger partial charge in [0.25, 0.3) is 0 Å². The lowest BCUT2D eigenvalue weighted by molar-refractivity contribution is -0.194. The average molecular weight is 355 g/mol. The van der Waals surface area contributed by atoms with Crippen LogP contribution in [0.5, 0.6) is 0 Å². The zero-order valence-corrected chi connectivity index (χ0v) is 14.5. The Kier molecular flexibility index (Phi) is 5.56. The van der Waals surface area contributed by atoms with Crippen LogP contribution in [0.3, 0.4) is 0 Å². The first-order valence-corrected chi connectivity index (χ1v) is 10.0. The van der Waals surface area contributed by atoms with Gasteiger partial charge in [-0.3, -0.25) is 4.55 Å². The largest absolute Gasteiger partial charge is 0.344 e. The minimum atomic E-state index is -4.17. The number of nitrogens with one attached hydrogen (secondary N) is 1. The summed E-state index contributed by atoms with van der Waals surface area (Å²) in [4.78, 5) is 0. The molecule has 1 spiro atoms. The van der Waals surface area contributed by atoms with Gasteiger partial charge < -0.3 is 9.47 Å². The Morgan fingerprint density at radius 3 is 2.42 bits per heavy atom. The van der Waals surface area contributed by atoms with Crippen molar-refractivity contribution in [1.29, 1.82) is 0 Å². The fraction of sp³-hybridized carbons (Fsp3) is 0.647. The van der Waals surface area contributed by atoms with Gasteiger partial charge in [-0.1, -0.05) is 36.8 Å². The standard InChI is InChI=1S/C17H25NO5S/c19-24(20,21)18-12-9-15-16(13-14-7-3-1-4-8-14)23-17(22-15)10-5-2-6-11-17/h1,3-4,7-8,15-16,18H,2,5-6,9-13H2,(H,19,20,21)/t15-,16-/m0/s1. The van der Waals surface area contributed by atoms with Crippen molar-refractivity contribution in [1.82, 2.24) is 4.72 Å². The molecule has 1 aromatic carbocycles. The number of rotatable bonds is 6. The quantitative estimate of drug-likeness (QED) is 0.766. The summed E-state index contributed by atoms with van der Waals surface area (Å²) < 4.78 is 45.2. The summed E-state index contributed by atoms with van der Waals surface area (Å²) in [6, 6.07) is 10.1. The summed E-state index contributed by atoms with van der Waals surface area (Å²) in [5, 5.41) is 0. The summed E-state index contributed by atoms with van der Waals surface area (Å²) >= 11 is 0. The number of hydrogen-bond donors (Lipinski definition) is 2. The molecule has 0 aromatic heterocycles. The van der Waals surface area contributed by atoms with Crippen LogP contribution >= 0.6 is 0 Å². The van der Waals surface area contributed by atoms with E-state index in [0.29, 0.717) is 6.42 Å². The smallest absolute Gasteiger partial charge is 0.333 e. The SMILES string of the molecule is O=S(=O)(O)NCC[C@@H]1OC2(CCCCC2)O[C@H]1Cc1ccccc1. The highest BCUT2D eigenvalue weighted by molar-refractivity contribution is 7.83. The lowest BCUT2D eigenvalue weighted by atomic mass is 9.94. The first-order chi connectivity index (χ1) is 11.5. The first-order valence-electron chi connectivity index (χ1n) is 8.57. The van der Waals surface area contributed by atoms with E-state index in [2.05, 4.69) is 16.9 Å². The highest BCUT2D eigenvalue weighted by Gasteiger charge is 2.47. The van der Waals surface area contributed by atoms with Crippen LogP contribution in [0.2, 0.25) is 0 Å². The van der Waals surface area contributed by atoms with E-state index < -0.39 is 16.1 Å². The van der Waals surface area contributed by atoms with Crippen LogP contribution in [0.15, 0.2) is 30.3 Å². The van der Waals surface area contributed by atoms with Gasteiger partial charge in [-0.05, 0) is 24.8 Å². The van der Waals surface area contributed by atoms with E-state index in [4.69, 9.17) is 14.0 Å². The molecule has 2 atom stereocenters. The first kappa shape index (κ1) is 17.8. The Morgan fingerprint density at radius 1 is 1.08 bits per heavy atom. The van der Waals surface area contributed by atoms with Gasteiger partial charge >= 0.3 is 10.3 Å². The van der Waals surface area contributed by atoms with E-state index >= 15 is 0 Å². The molecule has 1 aromatic rings. The fourth-order valence-electron chi connectivity index (χ4n) is 3.65. The van der Waals surface area contributed by atoms with Crippen molar-refractivity contribution in [3.8, 4) is 0 Å². The van der Waals surface area contributed by atoms with Crippen molar-refractivity contribution in [2.45, 2.75) is 62.9 Å². The Balaban J connectivity index is 1.67. The second-order valence-corrected chi connectivity index (χ2v) is 7.87. The Labute approximate surface area is 143 Å². The molecule has 0 amide bonds. The molecule has 1 saturated carbocycles. The maximum Gasteiger partial charge on any atom is 0.333 e. The molecule has 6 nitrogen and oxygen atoms in total. The molecule has 1 aliphatic carbocycles. The monoisotopic (exact) mass is 355 g/mol. The summed E-state index contributed by atoms with van der Waals surface area (Å²) in [5.41, 5.74) is 1.17. The van der Waals surface area contributed by atoms with Gasteiger partial charge in [0.1, 0.15) is 0 Å². The van der Waals surface area contributed by atoms with E-state index in [1.807, 2.05) is 18.2 Å². The van der Waals surface area contributed by atoms with Gasteiger partial charge in [0.2, 0.25) is 0 Å². The van der Waals surface area contributed by atoms with Crippen LogP contribution in [-0.4, -0.2) is 37.5 Å². The summed E-state index contributed by atoms with van der Waals surface area (Å²) in [6.45, 7) is 0.133. The van der Waals surface area contributed by atoms with Crippen molar-refractivity contribution in [3.63, 3.8) is 0 Å². The molecule has 1 heterocycles. The van der Waals surface area contributed by atoms with E-state index in [0.717, 1.165) is 32.1 Å². The molecule has 0 bridgehead atoms. The van der Waals surface area contributed by atoms with Crippen molar-refractivity contribution >= 4 is 10.3 Å². The maximum absolute atomic E-state index is 10.8. The van der Waals surface area contributed by atoms with E-state index in [1.165, 1.54) is 12.0 Å². The van der Waals surface area contributed by atoms with Gasteiger partial charge in [-0.15, -0.1) is 0 Å². The molecular formula is C17H25NO5S. The third-order valence-electron chi connectivity index (χ3n) is 4.76. The molecule has 3 rings (SSSR count). The topological polar surface area (TPSA) is 84.9 Å². The molecule has 0 radical (unpaired) electrons. The molecule has 24 heavy (non-hydrogen) atoms. The summed E-state index contributed by atoms with van der Waals surface area (Å²) in [6.07, 6.45) is 6.08. The van der Waals surface area contributed by atoms with E-state index in [9.17, 15) is 8.42 Å². The molecule has 0 unspecified atom stereocenters. The van der Waals surface area contributed by atoms with Crippen molar-refractivity contribution in [2.75, 3.05) is 6.54 Å². The minimum Gasteiger partial charge on any atom is -0.344 e. The van der Waals surface area contributed by atoms with Crippen LogP contribution in [0.1, 0.15) is 44.1 Å². The van der Waals surface area contributed by atoms with Crippen LogP contribution in [0.4, 0.5) is 0 Å². The fourth-order valence-corrected chi connectivity index (χ4v) is 4.03. The zero-order valence-electron chi connectivity index (χ0n) is 13.7. The van der Waals surface area contributed by atoms with Crippen LogP contribution in [0, 0.1) is 0 Å². The maximum atomic E-state index is 10.8. The van der Waals surface area contributed by atoms with E-state index in [1.54, 1.807) is 0 Å². The number of ether oxygens (including phenoxy) is 2. The molecule has 134 valence electrons. The lowest BCUT2D eigenvalue weighted by Crippen LogP contribution is -2.34. The zero-order chi connectivity index (χ0) is 17.0. The van der Waals surface area contributed by atoms with Crippen molar-refractivity contribution < 1.29 is 22.4 Å². The lowest BCUT2D eigenvalue weighted by Gasteiger charge is -2.32. The molecule has 2 fully saturated rings. The Bertz CT molecular complexity index is 628. The Hall–Kier alpha value is -0.990. The molecule has 2 N–H and O–H groups in total. The molecule has 2 aliphatic rings. The highest BCUT2D eigenvalue weighted by Crippen LogP contribution is 2.42. The number of benzene rings is 1. The van der Waals surface area contributed by atoms with Gasteiger partial charge in [-0.2, -0.15) is 13.1 Å². The normalized spacial score (nSPS) is 26.7. The molecule has 1 aliphatic heterocycles. The minimum absolute atomic E-state index is 0.103. The van der Waals surface area contributed by atoms with Gasteiger partial charge in [0, 0.05) is 25.8 Å². The second kappa shape index (κ2) is 7.49. The van der Waals surface area contributed by atoms with Gasteiger partial charge in [-0.25, -0.2) is 0 Å². The predicted molar refractivity (Wildman–Crippen MR) is 89.9 cm³/mol. The van der Waals surface area contributed by atoms with E-state index in [-0.39, 0.29) is 18.8 Å². The molecular weight excluding hydrogens is 330 g/mol. The molecule has 1 saturated heterocycles. The van der Waals surface area contributed by atoms with Crippen LogP contribution < -0.4 is 4.72 Å².